The predicted molar refractivity (Wildman–Crippen MR) is 80.2 cm³/mol. The van der Waals surface area contributed by atoms with Gasteiger partial charge < -0.3 is 10.6 Å². The Morgan fingerprint density at radius 3 is 2.86 bits per heavy atom. The first-order valence-electron chi connectivity index (χ1n) is 8.01. The third-order valence-corrected chi connectivity index (χ3v) is 4.88. The molecule has 1 aromatic rings. The second kappa shape index (κ2) is 6.56. The quantitative estimate of drug-likeness (QED) is 0.898. The highest BCUT2D eigenvalue weighted by atomic mass is 19.1. The molecule has 3 rings (SSSR count). The van der Waals surface area contributed by atoms with Crippen LogP contribution in [0.15, 0.2) is 24.3 Å². The second-order valence-electron chi connectivity index (χ2n) is 6.26. The van der Waals surface area contributed by atoms with Gasteiger partial charge in [-0.2, -0.15) is 0 Å². The van der Waals surface area contributed by atoms with Gasteiger partial charge in [0, 0.05) is 18.2 Å². The molecule has 1 aromatic carbocycles. The molecule has 0 aromatic heterocycles. The summed E-state index contributed by atoms with van der Waals surface area (Å²) in [6.07, 6.45) is 7.09. The Morgan fingerprint density at radius 1 is 1.19 bits per heavy atom. The topological polar surface area (TPSA) is 41.1 Å². The van der Waals surface area contributed by atoms with E-state index in [0.717, 1.165) is 18.8 Å². The lowest BCUT2D eigenvalue weighted by Gasteiger charge is -2.39. The molecule has 2 N–H and O–H groups in total. The lowest BCUT2D eigenvalue weighted by atomic mass is 9.77. The van der Waals surface area contributed by atoms with Gasteiger partial charge >= 0.3 is 0 Å². The highest BCUT2D eigenvalue weighted by Gasteiger charge is 2.34. The number of hydrogen-bond acceptors (Lipinski definition) is 2. The van der Waals surface area contributed by atoms with E-state index >= 15 is 0 Å². The average molecular weight is 290 g/mol. The van der Waals surface area contributed by atoms with Crippen LogP contribution in [0.1, 0.15) is 44.1 Å². The molecule has 21 heavy (non-hydrogen) atoms. The van der Waals surface area contributed by atoms with E-state index in [1.807, 2.05) is 0 Å². The fourth-order valence-electron chi connectivity index (χ4n) is 3.65. The normalized spacial score (nSPS) is 28.7. The van der Waals surface area contributed by atoms with Crippen LogP contribution in [-0.4, -0.2) is 18.0 Å². The number of nitrogens with one attached hydrogen (secondary N) is 2. The van der Waals surface area contributed by atoms with E-state index in [-0.39, 0.29) is 24.3 Å². The zero-order chi connectivity index (χ0) is 14.7. The first-order valence-corrected chi connectivity index (χ1v) is 8.01. The Balaban J connectivity index is 1.53. The number of carbonyl (C=O) groups excluding carboxylic acids is 1. The van der Waals surface area contributed by atoms with E-state index in [9.17, 15) is 9.18 Å². The van der Waals surface area contributed by atoms with Crippen molar-refractivity contribution in [1.82, 2.24) is 10.6 Å². The molecular formula is C17H23FN2O. The Kier molecular flexibility index (Phi) is 4.54. The van der Waals surface area contributed by atoms with Gasteiger partial charge in [-0.3, -0.25) is 4.79 Å². The van der Waals surface area contributed by atoms with Crippen LogP contribution in [0.4, 0.5) is 4.39 Å². The van der Waals surface area contributed by atoms with E-state index in [2.05, 4.69) is 10.6 Å². The summed E-state index contributed by atoms with van der Waals surface area (Å²) < 4.78 is 13.5. The molecule has 0 bridgehead atoms. The Morgan fingerprint density at radius 2 is 2.00 bits per heavy atom. The molecular weight excluding hydrogens is 267 g/mol. The van der Waals surface area contributed by atoms with Gasteiger partial charge in [-0.15, -0.1) is 0 Å². The Labute approximate surface area is 125 Å². The van der Waals surface area contributed by atoms with Crippen molar-refractivity contribution in [2.45, 2.75) is 57.2 Å². The van der Waals surface area contributed by atoms with E-state index in [0.29, 0.717) is 11.6 Å². The molecule has 1 aliphatic carbocycles. The molecule has 3 nitrogen and oxygen atoms in total. The molecule has 3 atom stereocenters. The molecule has 1 aliphatic heterocycles. The van der Waals surface area contributed by atoms with Crippen molar-refractivity contribution in [3.63, 3.8) is 0 Å². The minimum Gasteiger partial charge on any atom is -0.351 e. The molecule has 1 heterocycles. The highest BCUT2D eigenvalue weighted by molar-refractivity contribution is 5.81. The number of rotatable bonds is 3. The first kappa shape index (κ1) is 14.5. The number of piperidine rings is 1. The summed E-state index contributed by atoms with van der Waals surface area (Å²) in [7, 11) is 0. The van der Waals surface area contributed by atoms with Crippen LogP contribution in [0.5, 0.6) is 0 Å². The second-order valence-corrected chi connectivity index (χ2v) is 6.26. The molecule has 114 valence electrons. The van der Waals surface area contributed by atoms with Crippen molar-refractivity contribution < 1.29 is 9.18 Å². The van der Waals surface area contributed by atoms with E-state index in [4.69, 9.17) is 0 Å². The fraction of sp³-hybridized carbons (Fsp3) is 0.588. The molecule has 0 spiro atoms. The average Bonchev–Trinajstić information content (AvgIpc) is 2.53. The third kappa shape index (κ3) is 3.43. The Bertz CT molecular complexity index is 505. The summed E-state index contributed by atoms with van der Waals surface area (Å²) in [4.78, 5) is 12.3. The van der Waals surface area contributed by atoms with Crippen molar-refractivity contribution in [1.29, 1.82) is 0 Å². The number of hydrogen-bond donors (Lipinski definition) is 2. The Hall–Kier alpha value is -1.42. The zero-order valence-corrected chi connectivity index (χ0v) is 12.3. The highest BCUT2D eigenvalue weighted by Crippen LogP contribution is 2.32. The van der Waals surface area contributed by atoms with Crippen molar-refractivity contribution in [3.05, 3.63) is 35.6 Å². The maximum absolute atomic E-state index is 13.5. The maximum atomic E-state index is 13.5. The fourth-order valence-corrected chi connectivity index (χ4v) is 3.65. The summed E-state index contributed by atoms with van der Waals surface area (Å²) in [6, 6.07) is 6.96. The molecule has 1 saturated heterocycles. The summed E-state index contributed by atoms with van der Waals surface area (Å²) in [5, 5.41) is 6.36. The van der Waals surface area contributed by atoms with Gasteiger partial charge in [0.2, 0.25) is 5.91 Å². The van der Waals surface area contributed by atoms with Gasteiger partial charge in [0.25, 0.3) is 0 Å². The number of carbonyl (C=O) groups is 1. The van der Waals surface area contributed by atoms with Gasteiger partial charge in [-0.1, -0.05) is 31.0 Å². The first-order chi connectivity index (χ1) is 10.2. The standard InChI is InChI=1S/C17H23FN2O/c18-14-7-3-1-6-13(14)11-19-17(21)16-10-9-12-5-2-4-8-15(12)20-16/h1,3,6-7,12,15-16,20H,2,4-5,8-11H2,(H,19,21). The van der Waals surface area contributed by atoms with Gasteiger partial charge in [0.15, 0.2) is 0 Å². The van der Waals surface area contributed by atoms with Crippen LogP contribution in [0, 0.1) is 11.7 Å². The van der Waals surface area contributed by atoms with Gasteiger partial charge in [0.1, 0.15) is 5.82 Å². The lowest BCUT2D eigenvalue weighted by molar-refractivity contribution is -0.124. The SMILES string of the molecule is O=C(NCc1ccccc1F)C1CCC2CCCCC2N1. The van der Waals surface area contributed by atoms with Crippen LogP contribution >= 0.6 is 0 Å². The number of benzene rings is 1. The van der Waals surface area contributed by atoms with Gasteiger partial charge in [0.05, 0.1) is 6.04 Å². The van der Waals surface area contributed by atoms with Crippen molar-refractivity contribution in [3.8, 4) is 0 Å². The van der Waals surface area contributed by atoms with Crippen LogP contribution in [-0.2, 0) is 11.3 Å². The third-order valence-electron chi connectivity index (χ3n) is 4.88. The predicted octanol–water partition coefficient (Wildman–Crippen LogP) is 2.75. The van der Waals surface area contributed by atoms with E-state index < -0.39 is 0 Å². The minimum atomic E-state index is -0.262. The van der Waals surface area contributed by atoms with Crippen molar-refractivity contribution in [2.24, 2.45) is 5.92 Å². The van der Waals surface area contributed by atoms with Crippen LogP contribution in [0.25, 0.3) is 0 Å². The molecule has 2 aliphatic rings. The van der Waals surface area contributed by atoms with E-state index in [1.165, 1.54) is 31.7 Å². The zero-order valence-electron chi connectivity index (χ0n) is 12.3. The molecule has 0 radical (unpaired) electrons. The summed E-state index contributed by atoms with van der Waals surface area (Å²) in [5.41, 5.74) is 0.539. The van der Waals surface area contributed by atoms with Crippen LogP contribution < -0.4 is 10.6 Å². The number of fused-ring (bicyclic) bond motifs is 1. The molecule has 4 heteroatoms. The number of halogens is 1. The maximum Gasteiger partial charge on any atom is 0.237 e. The van der Waals surface area contributed by atoms with E-state index in [1.54, 1.807) is 18.2 Å². The van der Waals surface area contributed by atoms with Crippen LogP contribution in [0.2, 0.25) is 0 Å². The summed E-state index contributed by atoms with van der Waals surface area (Å²) in [6.45, 7) is 0.262. The minimum absolute atomic E-state index is 0.00211. The van der Waals surface area contributed by atoms with Crippen molar-refractivity contribution >= 4 is 5.91 Å². The van der Waals surface area contributed by atoms with Crippen molar-refractivity contribution in [2.75, 3.05) is 0 Å². The monoisotopic (exact) mass is 290 g/mol. The summed E-state index contributed by atoms with van der Waals surface area (Å²) in [5.74, 6) is 0.485. The van der Waals surface area contributed by atoms with Gasteiger partial charge in [-0.05, 0) is 37.7 Å². The molecule has 1 saturated carbocycles. The molecule has 2 fully saturated rings. The largest absolute Gasteiger partial charge is 0.351 e. The lowest BCUT2D eigenvalue weighted by Crippen LogP contribution is -2.54. The molecule has 1 amide bonds. The molecule has 3 unspecified atom stereocenters. The smallest absolute Gasteiger partial charge is 0.237 e. The van der Waals surface area contributed by atoms with Gasteiger partial charge in [-0.25, -0.2) is 4.39 Å². The van der Waals surface area contributed by atoms with Crippen LogP contribution in [0.3, 0.4) is 0 Å². The summed E-state index contributed by atoms with van der Waals surface area (Å²) >= 11 is 0. The number of amides is 1.